The molecule has 1 fully saturated rings. The van der Waals surface area contributed by atoms with Gasteiger partial charge in [-0.05, 0) is 43.0 Å². The smallest absolute Gasteiger partial charge is 0.229 e. The third-order valence-corrected chi connectivity index (χ3v) is 5.47. The molecule has 0 radical (unpaired) electrons. The van der Waals surface area contributed by atoms with Gasteiger partial charge in [-0.1, -0.05) is 36.4 Å². The Morgan fingerprint density at radius 3 is 2.71 bits per heavy atom. The number of para-hydroxylation sites is 2. The average Bonchev–Trinajstić information content (AvgIpc) is 3.16. The highest BCUT2D eigenvalue weighted by Crippen LogP contribution is 2.22. The molecule has 0 saturated carbocycles. The zero-order valence-corrected chi connectivity index (χ0v) is 15.9. The van der Waals surface area contributed by atoms with Crippen LogP contribution in [-0.4, -0.2) is 34.8 Å². The molecule has 5 nitrogen and oxygen atoms in total. The first-order valence-corrected chi connectivity index (χ1v) is 9.89. The van der Waals surface area contributed by atoms with Crippen LogP contribution in [0.2, 0.25) is 0 Å². The van der Waals surface area contributed by atoms with Crippen molar-refractivity contribution in [3.05, 3.63) is 66.4 Å². The largest absolute Gasteiger partial charge is 0.361 e. The average molecular weight is 375 g/mol. The van der Waals surface area contributed by atoms with Crippen LogP contribution < -0.4 is 5.32 Å². The number of H-pyrrole nitrogens is 1. The van der Waals surface area contributed by atoms with Crippen LogP contribution in [0.3, 0.4) is 0 Å². The number of amides is 2. The van der Waals surface area contributed by atoms with Crippen molar-refractivity contribution < 1.29 is 9.59 Å². The minimum atomic E-state index is -0.147. The molecule has 1 saturated heterocycles. The number of piperidine rings is 1. The van der Waals surface area contributed by atoms with E-state index in [1.807, 2.05) is 59.6 Å². The predicted octanol–water partition coefficient (Wildman–Crippen LogP) is 3.98. The molecule has 3 aromatic rings. The van der Waals surface area contributed by atoms with Crippen LogP contribution in [0, 0.1) is 5.92 Å². The molecule has 0 unspecified atom stereocenters. The van der Waals surface area contributed by atoms with Gasteiger partial charge in [-0.15, -0.1) is 0 Å². The molecule has 1 aliphatic rings. The molecule has 2 heterocycles. The maximum atomic E-state index is 12.7. The summed E-state index contributed by atoms with van der Waals surface area (Å²) in [5, 5.41) is 4.14. The number of nitrogens with zero attached hydrogens (tertiary/aromatic N) is 1. The highest BCUT2D eigenvalue weighted by Gasteiger charge is 2.28. The van der Waals surface area contributed by atoms with Crippen molar-refractivity contribution in [1.29, 1.82) is 0 Å². The second-order valence-corrected chi connectivity index (χ2v) is 7.39. The minimum Gasteiger partial charge on any atom is -0.361 e. The summed E-state index contributed by atoms with van der Waals surface area (Å²) in [6.45, 7) is 1.24. The molecule has 0 aliphatic carbocycles. The summed E-state index contributed by atoms with van der Waals surface area (Å²) >= 11 is 0. The number of rotatable bonds is 5. The summed E-state index contributed by atoms with van der Waals surface area (Å²) in [4.78, 5) is 30.4. The van der Waals surface area contributed by atoms with Gasteiger partial charge in [-0.2, -0.15) is 0 Å². The van der Waals surface area contributed by atoms with Crippen LogP contribution >= 0.6 is 0 Å². The van der Waals surface area contributed by atoms with Gasteiger partial charge < -0.3 is 15.2 Å². The number of benzene rings is 2. The van der Waals surface area contributed by atoms with Gasteiger partial charge in [0.25, 0.3) is 0 Å². The fraction of sp³-hybridized carbons (Fsp3) is 0.304. The van der Waals surface area contributed by atoms with Crippen LogP contribution in [0.15, 0.2) is 60.8 Å². The Kier molecular flexibility index (Phi) is 5.42. The van der Waals surface area contributed by atoms with E-state index in [9.17, 15) is 9.59 Å². The molecule has 4 rings (SSSR count). The number of hydrogen-bond donors (Lipinski definition) is 2. The zero-order chi connectivity index (χ0) is 19.3. The lowest BCUT2D eigenvalue weighted by Gasteiger charge is -2.32. The van der Waals surface area contributed by atoms with Gasteiger partial charge in [0, 0.05) is 42.3 Å². The molecular weight excluding hydrogens is 350 g/mol. The van der Waals surface area contributed by atoms with Gasteiger partial charge in [0.15, 0.2) is 0 Å². The Bertz CT molecular complexity index is 964. The van der Waals surface area contributed by atoms with Crippen molar-refractivity contribution in [3.8, 4) is 0 Å². The van der Waals surface area contributed by atoms with E-state index in [4.69, 9.17) is 0 Å². The number of nitrogens with one attached hydrogen (secondary N) is 2. The van der Waals surface area contributed by atoms with Gasteiger partial charge in [0.05, 0.1) is 5.92 Å². The van der Waals surface area contributed by atoms with Gasteiger partial charge in [0.1, 0.15) is 0 Å². The second-order valence-electron chi connectivity index (χ2n) is 7.39. The molecule has 5 heteroatoms. The fourth-order valence-corrected chi connectivity index (χ4v) is 3.92. The number of likely N-dealkylation sites (tertiary alicyclic amines) is 1. The molecule has 2 N–H and O–H groups in total. The van der Waals surface area contributed by atoms with Crippen molar-refractivity contribution in [2.75, 3.05) is 18.4 Å². The van der Waals surface area contributed by atoms with Crippen molar-refractivity contribution >= 4 is 28.4 Å². The van der Waals surface area contributed by atoms with Crippen LogP contribution in [-0.2, 0) is 16.0 Å². The summed E-state index contributed by atoms with van der Waals surface area (Å²) in [7, 11) is 0. The maximum Gasteiger partial charge on any atom is 0.229 e. The molecule has 1 aromatic heterocycles. The van der Waals surface area contributed by atoms with E-state index < -0.39 is 0 Å². The van der Waals surface area contributed by atoms with Crippen molar-refractivity contribution in [2.45, 2.75) is 25.7 Å². The normalized spacial score (nSPS) is 16.9. The lowest BCUT2D eigenvalue weighted by molar-refractivity contribution is -0.134. The topological polar surface area (TPSA) is 65.2 Å². The predicted molar refractivity (Wildman–Crippen MR) is 111 cm³/mol. The van der Waals surface area contributed by atoms with Crippen LogP contribution in [0.1, 0.15) is 24.8 Å². The van der Waals surface area contributed by atoms with Crippen molar-refractivity contribution in [1.82, 2.24) is 9.88 Å². The van der Waals surface area contributed by atoms with E-state index in [2.05, 4.69) is 16.4 Å². The fourth-order valence-electron chi connectivity index (χ4n) is 3.92. The molecule has 0 bridgehead atoms. The van der Waals surface area contributed by atoms with E-state index in [0.717, 1.165) is 30.6 Å². The third-order valence-electron chi connectivity index (χ3n) is 5.47. The Morgan fingerprint density at radius 2 is 1.86 bits per heavy atom. The molecule has 2 aromatic carbocycles. The van der Waals surface area contributed by atoms with E-state index in [1.165, 1.54) is 10.9 Å². The highest BCUT2D eigenvalue weighted by molar-refractivity contribution is 5.93. The third kappa shape index (κ3) is 4.09. The highest BCUT2D eigenvalue weighted by atomic mass is 16.2. The number of aromatic nitrogens is 1. The zero-order valence-electron chi connectivity index (χ0n) is 15.9. The first-order valence-electron chi connectivity index (χ1n) is 9.89. The first-order chi connectivity index (χ1) is 13.7. The quantitative estimate of drug-likeness (QED) is 0.708. The summed E-state index contributed by atoms with van der Waals surface area (Å²) in [5.74, 6) is -0.0196. The number of aromatic amines is 1. The van der Waals surface area contributed by atoms with Crippen LogP contribution in [0.4, 0.5) is 5.69 Å². The van der Waals surface area contributed by atoms with Gasteiger partial charge >= 0.3 is 0 Å². The van der Waals surface area contributed by atoms with Crippen LogP contribution in [0.25, 0.3) is 10.9 Å². The van der Waals surface area contributed by atoms with Gasteiger partial charge in [-0.25, -0.2) is 0 Å². The lowest BCUT2D eigenvalue weighted by atomic mass is 9.96. The number of hydrogen-bond acceptors (Lipinski definition) is 2. The lowest BCUT2D eigenvalue weighted by Crippen LogP contribution is -2.43. The van der Waals surface area contributed by atoms with Crippen molar-refractivity contribution in [3.63, 3.8) is 0 Å². The Morgan fingerprint density at radius 1 is 1.07 bits per heavy atom. The number of aryl methyl sites for hydroxylation is 1. The molecule has 2 amide bonds. The SMILES string of the molecule is O=C(Nc1ccccc1)[C@H]1CCCN(C(=O)CCc2c[nH]c3ccccc23)C1. The van der Waals surface area contributed by atoms with E-state index in [-0.39, 0.29) is 17.7 Å². The molecule has 1 atom stereocenters. The number of carbonyl (C=O) groups is 2. The van der Waals surface area contributed by atoms with Gasteiger partial charge in [0.2, 0.25) is 11.8 Å². The second kappa shape index (κ2) is 8.30. The molecule has 1 aliphatic heterocycles. The summed E-state index contributed by atoms with van der Waals surface area (Å²) in [6, 6.07) is 17.6. The standard InChI is InChI=1S/C23H25N3O2/c27-22(13-12-17-15-24-21-11-5-4-10-20(17)21)26-14-6-7-18(16-26)23(28)25-19-8-2-1-3-9-19/h1-5,8-11,15,18,24H,6-7,12-14,16H2,(H,25,28)/t18-/m0/s1. The molecular formula is C23H25N3O2. The number of fused-ring (bicyclic) bond motifs is 1. The molecule has 0 spiro atoms. The Hall–Kier alpha value is -3.08. The number of carbonyl (C=O) groups excluding carboxylic acids is 2. The summed E-state index contributed by atoms with van der Waals surface area (Å²) < 4.78 is 0. The monoisotopic (exact) mass is 375 g/mol. The maximum absolute atomic E-state index is 12.7. The Balaban J connectivity index is 1.33. The van der Waals surface area contributed by atoms with Crippen LogP contribution in [0.5, 0.6) is 0 Å². The summed E-state index contributed by atoms with van der Waals surface area (Å²) in [5.41, 5.74) is 3.06. The Labute approximate surface area is 164 Å². The van der Waals surface area contributed by atoms with E-state index in [1.54, 1.807) is 0 Å². The van der Waals surface area contributed by atoms with Crippen molar-refractivity contribution in [2.24, 2.45) is 5.92 Å². The first kappa shape index (κ1) is 18.3. The number of anilines is 1. The summed E-state index contributed by atoms with van der Waals surface area (Å²) in [6.07, 6.45) is 4.86. The van der Waals surface area contributed by atoms with E-state index >= 15 is 0 Å². The molecule has 28 heavy (non-hydrogen) atoms. The minimum absolute atomic E-state index is 0.000304. The van der Waals surface area contributed by atoms with Gasteiger partial charge in [-0.3, -0.25) is 9.59 Å². The van der Waals surface area contributed by atoms with E-state index in [0.29, 0.717) is 19.4 Å². The molecule has 144 valence electrons.